The Labute approximate surface area is 312 Å². The number of hydrogen-bond donors (Lipinski definition) is 2. The van der Waals surface area contributed by atoms with E-state index in [9.17, 15) is 15.0 Å². The van der Waals surface area contributed by atoms with E-state index in [1.807, 2.05) is 34.6 Å². The zero-order valence-corrected chi connectivity index (χ0v) is 32.5. The largest absolute Gasteiger partial charge is 0.458 e. The minimum atomic E-state index is -1.29. The van der Waals surface area contributed by atoms with Crippen molar-refractivity contribution < 1.29 is 67.1 Å². The Balaban J connectivity index is 1.12. The van der Waals surface area contributed by atoms with Crippen molar-refractivity contribution in [2.45, 2.75) is 158 Å². The molecule has 7 fully saturated rings. The lowest BCUT2D eigenvalue weighted by molar-refractivity contribution is -0.410. The fourth-order valence-corrected chi connectivity index (χ4v) is 12.4. The maximum absolute atomic E-state index is 13.2. The zero-order chi connectivity index (χ0) is 37.8. The maximum Gasteiger partial charge on any atom is 0.331 e. The van der Waals surface area contributed by atoms with Gasteiger partial charge in [-0.3, -0.25) is 0 Å². The van der Waals surface area contributed by atoms with E-state index in [2.05, 4.69) is 6.92 Å². The number of rotatable bonds is 9. The van der Waals surface area contributed by atoms with Gasteiger partial charge in [-0.15, -0.1) is 0 Å². The predicted molar refractivity (Wildman–Crippen MR) is 184 cm³/mol. The van der Waals surface area contributed by atoms with Gasteiger partial charge in [0, 0.05) is 44.5 Å². The van der Waals surface area contributed by atoms with Crippen LogP contribution >= 0.6 is 0 Å². The Morgan fingerprint density at radius 3 is 2.36 bits per heavy atom. The number of methoxy groups -OCH3 is 2. The van der Waals surface area contributed by atoms with Crippen molar-refractivity contribution in [2.75, 3.05) is 41.0 Å². The van der Waals surface area contributed by atoms with Gasteiger partial charge >= 0.3 is 5.97 Å². The summed E-state index contributed by atoms with van der Waals surface area (Å²) in [6.07, 6.45) is 1.18. The topological polar surface area (TPSA) is 159 Å². The lowest BCUT2D eigenvalue weighted by atomic mass is 9.40. The molecule has 0 aromatic rings. The lowest BCUT2D eigenvalue weighted by Crippen LogP contribution is -2.78. The van der Waals surface area contributed by atoms with Crippen LogP contribution in [0.2, 0.25) is 0 Å². The highest BCUT2D eigenvalue weighted by atomic mass is 16.8. The number of aliphatic hydroxyl groups is 2. The Hall–Kier alpha value is -1.27. The Morgan fingerprint density at radius 1 is 0.906 bits per heavy atom. The molecule has 2 N–H and O–H groups in total. The number of fused-ring (bicyclic) bond motifs is 4. The van der Waals surface area contributed by atoms with Gasteiger partial charge in [0.05, 0.1) is 47.6 Å². The smallest absolute Gasteiger partial charge is 0.331 e. The van der Waals surface area contributed by atoms with E-state index in [0.717, 1.165) is 12.0 Å². The first-order valence-corrected chi connectivity index (χ1v) is 19.5. The van der Waals surface area contributed by atoms with Gasteiger partial charge < -0.3 is 62.3 Å². The van der Waals surface area contributed by atoms with Gasteiger partial charge in [0.25, 0.3) is 0 Å². The maximum atomic E-state index is 13.2. The van der Waals surface area contributed by atoms with E-state index in [0.29, 0.717) is 38.5 Å². The first-order valence-electron chi connectivity index (χ1n) is 19.5. The fraction of sp³-hybridized carbons (Fsp3) is 0.923. The first-order chi connectivity index (χ1) is 25.0. The molecule has 4 heterocycles. The minimum absolute atomic E-state index is 0.0439. The minimum Gasteiger partial charge on any atom is -0.458 e. The van der Waals surface area contributed by atoms with Gasteiger partial charge in [0.15, 0.2) is 17.9 Å². The van der Waals surface area contributed by atoms with E-state index in [1.165, 1.54) is 0 Å². The molecule has 0 radical (unpaired) electrons. The second-order valence-corrected chi connectivity index (χ2v) is 18.1. The van der Waals surface area contributed by atoms with Crippen LogP contribution in [0.25, 0.3) is 0 Å². The fourth-order valence-electron chi connectivity index (χ4n) is 12.4. The molecule has 8 rings (SSSR count). The number of carbonyl (C=O) groups is 1. The third-order valence-electron chi connectivity index (χ3n) is 14.5. The van der Waals surface area contributed by atoms with Crippen LogP contribution in [0.4, 0.5) is 0 Å². The molecule has 4 aliphatic carbocycles. The summed E-state index contributed by atoms with van der Waals surface area (Å²) < 4.78 is 68.1. The molecule has 0 amide bonds. The van der Waals surface area contributed by atoms with Gasteiger partial charge in [-0.2, -0.15) is 0 Å². The summed E-state index contributed by atoms with van der Waals surface area (Å²) in [6, 6.07) is 0. The van der Waals surface area contributed by atoms with Crippen LogP contribution in [-0.4, -0.2) is 129 Å². The van der Waals surface area contributed by atoms with Crippen LogP contribution in [0, 0.1) is 28.6 Å². The average Bonchev–Trinajstić information content (AvgIpc) is 3.73. The summed E-state index contributed by atoms with van der Waals surface area (Å²) in [7, 11) is 3.17. The van der Waals surface area contributed by atoms with Crippen molar-refractivity contribution in [2.24, 2.45) is 28.6 Å². The second-order valence-electron chi connectivity index (χ2n) is 18.1. The molecule has 300 valence electrons. The lowest BCUT2D eigenvalue weighted by Gasteiger charge is -2.71. The summed E-state index contributed by atoms with van der Waals surface area (Å²) in [5, 5.41) is 26.3. The molecule has 0 aromatic heterocycles. The van der Waals surface area contributed by atoms with Gasteiger partial charge in [0.2, 0.25) is 0 Å². The number of carbonyl (C=O) groups excluding carboxylic acids is 1. The van der Waals surface area contributed by atoms with Crippen molar-refractivity contribution in [1.82, 2.24) is 0 Å². The van der Waals surface area contributed by atoms with Gasteiger partial charge in [-0.25, -0.2) is 4.79 Å². The predicted octanol–water partition coefficient (Wildman–Crippen LogP) is 3.34. The summed E-state index contributed by atoms with van der Waals surface area (Å²) >= 11 is 0. The number of hydrogen-bond acceptors (Lipinski definition) is 14. The van der Waals surface area contributed by atoms with Gasteiger partial charge in [-0.05, 0) is 84.1 Å². The van der Waals surface area contributed by atoms with E-state index >= 15 is 0 Å². The Kier molecular flexibility index (Phi) is 9.76. The molecule has 1 spiro atoms. The second kappa shape index (κ2) is 13.4. The Morgan fingerprint density at radius 2 is 1.64 bits per heavy atom. The molecular formula is C39H60O14. The normalized spacial score (nSPS) is 51.0. The SMILES string of the molecule is COCO[C@@H]1[C@H]2OC(C)(C)O[C@H]2[C@H](O[C@H]2C[C@H]3OC(C)(C)OC[C@]34C3C(CC[C@]4(O)C2)[C@@]2(O)CC[C@H](C4=CC(=O)OC4)[C@@]2(C)C[C@@H]3OCOC)O[C@H]1C. The first kappa shape index (κ1) is 38.6. The molecule has 4 aliphatic heterocycles. The molecule has 0 bridgehead atoms. The quantitative estimate of drug-likeness (QED) is 0.201. The Bertz CT molecular complexity index is 1440. The molecule has 14 heteroatoms. The van der Waals surface area contributed by atoms with Crippen molar-refractivity contribution >= 4 is 5.97 Å². The van der Waals surface area contributed by atoms with Crippen molar-refractivity contribution in [3.63, 3.8) is 0 Å². The average molecular weight is 753 g/mol. The summed E-state index contributed by atoms with van der Waals surface area (Å²) in [4.78, 5) is 12.2. The molecule has 15 atom stereocenters. The summed E-state index contributed by atoms with van der Waals surface area (Å²) in [6.45, 7) is 12.2. The van der Waals surface area contributed by atoms with E-state index in [-0.39, 0.29) is 56.6 Å². The molecule has 3 saturated heterocycles. The zero-order valence-electron chi connectivity index (χ0n) is 32.5. The van der Waals surface area contributed by atoms with Crippen LogP contribution in [0.15, 0.2) is 11.6 Å². The molecular weight excluding hydrogens is 692 g/mol. The standard InChI is InChI=1S/C39H60O14/c1-21-30(47-20-44-8)31-32(53-35(4,5)52-31)33(49-21)50-23-14-27-38(18-48-34(2,3)51-27)29-25(9-11-37(38,41)15-23)39(42)12-10-24(22-13-28(40)45-17-22)36(39,6)16-26(29)46-19-43-7/h13,21,23-27,29-33,41-42H,9-12,14-20H2,1-8H3/t21-,23-,24+,25?,26-,27+,29?,30-,31+,32+,33-,36+,37-,38+,39-/m0/s1. The van der Waals surface area contributed by atoms with Crippen molar-refractivity contribution in [3.05, 3.63) is 11.6 Å². The van der Waals surface area contributed by atoms with Gasteiger partial charge in [-0.1, -0.05) is 6.92 Å². The molecule has 2 unspecified atom stereocenters. The molecule has 14 nitrogen and oxygen atoms in total. The van der Waals surface area contributed by atoms with Crippen LogP contribution < -0.4 is 0 Å². The van der Waals surface area contributed by atoms with E-state index < -0.39 is 76.5 Å². The highest BCUT2D eigenvalue weighted by Crippen LogP contribution is 2.72. The molecule has 53 heavy (non-hydrogen) atoms. The van der Waals surface area contributed by atoms with E-state index in [4.69, 9.17) is 52.1 Å². The van der Waals surface area contributed by atoms with Crippen LogP contribution in [0.3, 0.4) is 0 Å². The van der Waals surface area contributed by atoms with Crippen molar-refractivity contribution in [1.29, 1.82) is 0 Å². The molecule has 0 aromatic carbocycles. The number of cyclic esters (lactones) is 1. The third kappa shape index (κ3) is 6.00. The van der Waals surface area contributed by atoms with Crippen LogP contribution in [0.5, 0.6) is 0 Å². The third-order valence-corrected chi connectivity index (χ3v) is 14.5. The number of ether oxygens (including phenoxy) is 11. The monoisotopic (exact) mass is 752 g/mol. The highest BCUT2D eigenvalue weighted by molar-refractivity contribution is 5.85. The molecule has 4 saturated carbocycles. The van der Waals surface area contributed by atoms with Crippen LogP contribution in [-0.2, 0) is 56.9 Å². The summed E-state index contributed by atoms with van der Waals surface area (Å²) in [5.41, 5.74) is -2.97. The van der Waals surface area contributed by atoms with Crippen LogP contribution in [0.1, 0.15) is 86.5 Å². The van der Waals surface area contributed by atoms with E-state index in [1.54, 1.807) is 20.3 Å². The highest BCUT2D eigenvalue weighted by Gasteiger charge is 2.77. The van der Waals surface area contributed by atoms with Crippen molar-refractivity contribution in [3.8, 4) is 0 Å². The summed E-state index contributed by atoms with van der Waals surface area (Å²) in [5.74, 6) is -2.74. The number of esters is 1. The molecule has 8 aliphatic rings. The van der Waals surface area contributed by atoms with Gasteiger partial charge in [0.1, 0.15) is 38.5 Å².